The molecule has 1 atom stereocenters. The van der Waals surface area contributed by atoms with Crippen molar-refractivity contribution < 1.29 is 14.3 Å². The molecule has 134 valence electrons. The summed E-state index contributed by atoms with van der Waals surface area (Å²) in [4.78, 5) is 28.0. The van der Waals surface area contributed by atoms with Gasteiger partial charge in [-0.15, -0.1) is 0 Å². The van der Waals surface area contributed by atoms with Gasteiger partial charge in [0.25, 0.3) is 0 Å². The van der Waals surface area contributed by atoms with Gasteiger partial charge in [-0.05, 0) is 32.5 Å². The van der Waals surface area contributed by atoms with Gasteiger partial charge in [-0.1, -0.05) is 30.3 Å². The first-order chi connectivity index (χ1) is 11.5. The van der Waals surface area contributed by atoms with Crippen molar-refractivity contribution in [3.63, 3.8) is 0 Å². The number of carbonyl (C=O) groups is 2. The van der Waals surface area contributed by atoms with E-state index < -0.39 is 0 Å². The van der Waals surface area contributed by atoms with E-state index in [1.165, 1.54) is 4.90 Å². The lowest BCUT2D eigenvalue weighted by Crippen LogP contribution is -2.48. The number of hydrogen-bond acceptors (Lipinski definition) is 4. The highest BCUT2D eigenvalue weighted by atomic mass is 16.5. The molecule has 0 aliphatic rings. The molecule has 1 rings (SSSR count). The predicted molar refractivity (Wildman–Crippen MR) is 94.8 cm³/mol. The molecule has 6 heteroatoms. The Morgan fingerprint density at radius 1 is 1.17 bits per heavy atom. The van der Waals surface area contributed by atoms with Crippen LogP contribution in [0.25, 0.3) is 0 Å². The predicted octanol–water partition coefficient (Wildman–Crippen LogP) is 0.770. The number of rotatable bonds is 10. The third-order valence-corrected chi connectivity index (χ3v) is 3.78. The first-order valence-corrected chi connectivity index (χ1v) is 8.16. The first kappa shape index (κ1) is 20.1. The summed E-state index contributed by atoms with van der Waals surface area (Å²) >= 11 is 0. The second kappa shape index (κ2) is 10.8. The van der Waals surface area contributed by atoms with Gasteiger partial charge in [0, 0.05) is 27.3 Å². The van der Waals surface area contributed by atoms with E-state index in [0.717, 1.165) is 12.0 Å². The monoisotopic (exact) mass is 335 g/mol. The minimum Gasteiger partial charge on any atom is -0.385 e. The zero-order chi connectivity index (χ0) is 17.9. The van der Waals surface area contributed by atoms with Crippen LogP contribution in [0.4, 0.5) is 0 Å². The van der Waals surface area contributed by atoms with Crippen molar-refractivity contribution in [2.24, 2.45) is 0 Å². The van der Waals surface area contributed by atoms with Crippen LogP contribution >= 0.6 is 0 Å². The largest absolute Gasteiger partial charge is 0.385 e. The molecular weight excluding hydrogens is 306 g/mol. The van der Waals surface area contributed by atoms with Crippen molar-refractivity contribution in [3.8, 4) is 0 Å². The van der Waals surface area contributed by atoms with Gasteiger partial charge in [-0.2, -0.15) is 0 Å². The van der Waals surface area contributed by atoms with E-state index in [2.05, 4.69) is 5.32 Å². The van der Waals surface area contributed by atoms with Crippen molar-refractivity contribution in [2.45, 2.75) is 18.9 Å². The second-order valence-corrected chi connectivity index (χ2v) is 6.06. The SMILES string of the molecule is COCCCNC(=O)CN(C)C(=O)C(Cc1ccccc1)N(C)C. The van der Waals surface area contributed by atoms with Crippen LogP contribution in [0.3, 0.4) is 0 Å². The molecule has 0 spiro atoms. The number of carbonyl (C=O) groups excluding carboxylic acids is 2. The third-order valence-electron chi connectivity index (χ3n) is 3.78. The highest BCUT2D eigenvalue weighted by molar-refractivity contribution is 5.87. The fourth-order valence-corrected chi connectivity index (χ4v) is 2.38. The molecule has 1 unspecified atom stereocenters. The van der Waals surface area contributed by atoms with Crippen molar-refractivity contribution >= 4 is 11.8 Å². The molecule has 0 fully saturated rings. The number of benzene rings is 1. The molecule has 2 amide bonds. The van der Waals surface area contributed by atoms with E-state index >= 15 is 0 Å². The van der Waals surface area contributed by atoms with Gasteiger partial charge in [0.05, 0.1) is 12.6 Å². The van der Waals surface area contributed by atoms with Gasteiger partial charge >= 0.3 is 0 Å². The summed E-state index contributed by atoms with van der Waals surface area (Å²) in [5.74, 6) is -0.213. The molecule has 0 heterocycles. The molecule has 1 aromatic carbocycles. The Hall–Kier alpha value is -1.92. The Morgan fingerprint density at radius 2 is 1.83 bits per heavy atom. The zero-order valence-electron chi connectivity index (χ0n) is 15.1. The molecular formula is C18H29N3O3. The molecule has 24 heavy (non-hydrogen) atoms. The maximum atomic E-state index is 12.7. The molecule has 0 bridgehead atoms. The quantitative estimate of drug-likeness (QED) is 0.642. The van der Waals surface area contributed by atoms with Gasteiger partial charge in [-0.25, -0.2) is 0 Å². The van der Waals surface area contributed by atoms with Crippen LogP contribution in [0.15, 0.2) is 30.3 Å². The summed E-state index contributed by atoms with van der Waals surface area (Å²) in [6.07, 6.45) is 1.38. The zero-order valence-corrected chi connectivity index (χ0v) is 15.1. The summed E-state index contributed by atoms with van der Waals surface area (Å²) in [5, 5.41) is 2.79. The summed E-state index contributed by atoms with van der Waals surface area (Å²) in [6, 6.07) is 9.60. The van der Waals surface area contributed by atoms with Gasteiger partial charge in [0.15, 0.2) is 0 Å². The third kappa shape index (κ3) is 7.10. The normalized spacial score (nSPS) is 12.0. The summed E-state index contributed by atoms with van der Waals surface area (Å²) in [5.41, 5.74) is 1.10. The van der Waals surface area contributed by atoms with E-state index in [0.29, 0.717) is 19.6 Å². The topological polar surface area (TPSA) is 61.9 Å². The van der Waals surface area contributed by atoms with Crippen molar-refractivity contribution in [1.82, 2.24) is 15.1 Å². The fourth-order valence-electron chi connectivity index (χ4n) is 2.38. The van der Waals surface area contributed by atoms with E-state index in [1.807, 2.05) is 49.3 Å². The van der Waals surface area contributed by atoms with Crippen LogP contribution in [0, 0.1) is 0 Å². The Morgan fingerprint density at radius 3 is 2.42 bits per heavy atom. The highest BCUT2D eigenvalue weighted by Gasteiger charge is 2.25. The Kier molecular flexibility index (Phi) is 9.04. The van der Waals surface area contributed by atoms with Crippen LogP contribution in [-0.2, 0) is 20.7 Å². The minimum atomic E-state index is -0.293. The number of ether oxygens (including phenoxy) is 1. The number of nitrogens with one attached hydrogen (secondary N) is 1. The number of amides is 2. The van der Waals surface area contributed by atoms with Gasteiger partial charge in [0.2, 0.25) is 11.8 Å². The number of hydrogen-bond donors (Lipinski definition) is 1. The van der Waals surface area contributed by atoms with Gasteiger partial charge in [-0.3, -0.25) is 14.5 Å². The molecule has 1 aromatic rings. The van der Waals surface area contributed by atoms with E-state index in [1.54, 1.807) is 14.2 Å². The van der Waals surface area contributed by atoms with Crippen molar-refractivity contribution in [1.29, 1.82) is 0 Å². The Balaban J connectivity index is 2.55. The molecule has 0 aliphatic carbocycles. The molecule has 0 radical (unpaired) electrons. The fraction of sp³-hybridized carbons (Fsp3) is 0.556. The Labute approximate surface area is 144 Å². The lowest BCUT2D eigenvalue weighted by Gasteiger charge is -2.28. The van der Waals surface area contributed by atoms with E-state index in [9.17, 15) is 9.59 Å². The molecule has 6 nitrogen and oxygen atoms in total. The standard InChI is InChI=1S/C18H29N3O3/c1-20(2)16(13-15-9-6-5-7-10-15)18(23)21(3)14-17(22)19-11-8-12-24-4/h5-7,9-10,16H,8,11-14H2,1-4H3,(H,19,22). The lowest BCUT2D eigenvalue weighted by molar-refractivity contribution is -0.138. The smallest absolute Gasteiger partial charge is 0.240 e. The summed E-state index contributed by atoms with van der Waals surface area (Å²) in [7, 11) is 7.05. The van der Waals surface area contributed by atoms with E-state index in [4.69, 9.17) is 4.74 Å². The van der Waals surface area contributed by atoms with Crippen LogP contribution < -0.4 is 5.32 Å². The van der Waals surface area contributed by atoms with Crippen LogP contribution in [0.5, 0.6) is 0 Å². The number of methoxy groups -OCH3 is 1. The van der Waals surface area contributed by atoms with Crippen LogP contribution in [0.1, 0.15) is 12.0 Å². The average Bonchev–Trinajstić information content (AvgIpc) is 2.56. The lowest BCUT2D eigenvalue weighted by atomic mass is 10.0. The minimum absolute atomic E-state index is 0.0594. The first-order valence-electron chi connectivity index (χ1n) is 8.16. The molecule has 0 saturated heterocycles. The molecule has 1 N–H and O–H groups in total. The average molecular weight is 335 g/mol. The molecule has 0 aromatic heterocycles. The van der Waals surface area contributed by atoms with Crippen LogP contribution in [-0.4, -0.2) is 75.6 Å². The molecule has 0 aliphatic heterocycles. The number of nitrogens with zero attached hydrogens (tertiary/aromatic N) is 2. The number of likely N-dealkylation sites (N-methyl/N-ethyl adjacent to an activating group) is 2. The second-order valence-electron chi connectivity index (χ2n) is 6.06. The van der Waals surface area contributed by atoms with Crippen LogP contribution in [0.2, 0.25) is 0 Å². The van der Waals surface area contributed by atoms with Gasteiger partial charge < -0.3 is 15.0 Å². The van der Waals surface area contributed by atoms with E-state index in [-0.39, 0.29) is 24.4 Å². The van der Waals surface area contributed by atoms with Crippen molar-refractivity contribution in [2.75, 3.05) is 47.9 Å². The Bertz CT molecular complexity index is 505. The maximum Gasteiger partial charge on any atom is 0.240 e. The maximum absolute atomic E-state index is 12.7. The van der Waals surface area contributed by atoms with Gasteiger partial charge in [0.1, 0.15) is 0 Å². The summed E-state index contributed by atoms with van der Waals surface area (Å²) < 4.78 is 4.94. The highest BCUT2D eigenvalue weighted by Crippen LogP contribution is 2.09. The molecule has 0 saturated carbocycles. The van der Waals surface area contributed by atoms with Crippen molar-refractivity contribution in [3.05, 3.63) is 35.9 Å². The summed E-state index contributed by atoms with van der Waals surface area (Å²) in [6.45, 7) is 1.22.